The second kappa shape index (κ2) is 5.14. The van der Waals surface area contributed by atoms with Gasteiger partial charge in [-0.15, -0.1) is 0 Å². The van der Waals surface area contributed by atoms with Gasteiger partial charge in [-0.05, 0) is 11.5 Å². The summed E-state index contributed by atoms with van der Waals surface area (Å²) in [6.07, 6.45) is 1.79. The van der Waals surface area contributed by atoms with E-state index in [0.717, 1.165) is 5.39 Å². The van der Waals surface area contributed by atoms with E-state index < -0.39 is 17.4 Å². The summed E-state index contributed by atoms with van der Waals surface area (Å²) in [6.45, 7) is 0.286. The minimum absolute atomic E-state index is 0.0289. The van der Waals surface area contributed by atoms with Crippen molar-refractivity contribution in [1.29, 1.82) is 0 Å². The Bertz CT molecular complexity index is 702. The maximum atomic E-state index is 12.4. The third-order valence-electron chi connectivity index (χ3n) is 3.67. The zero-order valence-corrected chi connectivity index (χ0v) is 11.2. The number of fused-ring (bicyclic) bond motifs is 1. The number of nitrogens with zero attached hydrogens (tertiary/aromatic N) is 1. The first-order valence-corrected chi connectivity index (χ1v) is 6.60. The van der Waals surface area contributed by atoms with Crippen LogP contribution in [0.15, 0.2) is 36.5 Å². The number of carbonyl (C=O) groups excluding carboxylic acids is 1. The fraction of sp³-hybridized carbons (Fsp3) is 0.267. The van der Waals surface area contributed by atoms with Crippen LogP contribution < -0.4 is 5.32 Å². The SMILES string of the molecule is O=C(NC1(C(=O)O)CCOC1)c1nccc2ccccc12. The van der Waals surface area contributed by atoms with Crippen molar-refractivity contribution in [2.75, 3.05) is 13.2 Å². The molecule has 2 N–H and O–H groups in total. The summed E-state index contributed by atoms with van der Waals surface area (Å²) in [5.41, 5.74) is -1.14. The van der Waals surface area contributed by atoms with Crippen molar-refractivity contribution in [1.82, 2.24) is 10.3 Å². The monoisotopic (exact) mass is 286 g/mol. The minimum atomic E-state index is -1.37. The van der Waals surface area contributed by atoms with Gasteiger partial charge in [-0.1, -0.05) is 24.3 Å². The molecule has 1 aromatic carbocycles. The molecule has 1 saturated heterocycles. The van der Waals surface area contributed by atoms with E-state index in [1.165, 1.54) is 6.20 Å². The van der Waals surface area contributed by atoms with E-state index in [1.807, 2.05) is 18.2 Å². The van der Waals surface area contributed by atoms with Crippen molar-refractivity contribution < 1.29 is 19.4 Å². The summed E-state index contributed by atoms with van der Waals surface area (Å²) in [7, 11) is 0. The van der Waals surface area contributed by atoms with Gasteiger partial charge in [0.05, 0.1) is 6.61 Å². The third kappa shape index (κ3) is 2.34. The average Bonchev–Trinajstić information content (AvgIpc) is 2.96. The van der Waals surface area contributed by atoms with Crippen molar-refractivity contribution in [2.45, 2.75) is 12.0 Å². The number of pyridine rings is 1. The summed E-state index contributed by atoms with van der Waals surface area (Å²) in [6, 6.07) is 9.15. The Kier molecular flexibility index (Phi) is 3.31. The first-order valence-electron chi connectivity index (χ1n) is 6.60. The lowest BCUT2D eigenvalue weighted by Crippen LogP contribution is -2.55. The van der Waals surface area contributed by atoms with Crippen LogP contribution in [-0.4, -0.2) is 40.7 Å². The van der Waals surface area contributed by atoms with Crippen molar-refractivity contribution in [3.8, 4) is 0 Å². The van der Waals surface area contributed by atoms with E-state index in [9.17, 15) is 14.7 Å². The molecule has 6 heteroatoms. The number of amides is 1. The number of hydrogen-bond acceptors (Lipinski definition) is 4. The summed E-state index contributed by atoms with van der Waals surface area (Å²) in [5, 5.41) is 13.5. The van der Waals surface area contributed by atoms with Crippen LogP contribution in [0.5, 0.6) is 0 Å². The van der Waals surface area contributed by atoms with Crippen LogP contribution in [0.4, 0.5) is 0 Å². The van der Waals surface area contributed by atoms with Crippen LogP contribution in [0, 0.1) is 0 Å². The van der Waals surface area contributed by atoms with E-state index >= 15 is 0 Å². The van der Waals surface area contributed by atoms with Crippen LogP contribution in [0.1, 0.15) is 16.9 Å². The Morgan fingerprint density at radius 2 is 2.10 bits per heavy atom. The summed E-state index contributed by atoms with van der Waals surface area (Å²) in [5.74, 6) is -1.59. The molecule has 0 spiro atoms. The van der Waals surface area contributed by atoms with Crippen molar-refractivity contribution in [3.63, 3.8) is 0 Å². The highest BCUT2D eigenvalue weighted by atomic mass is 16.5. The molecule has 0 radical (unpaired) electrons. The molecule has 2 aromatic rings. The molecule has 1 amide bonds. The topological polar surface area (TPSA) is 88.5 Å². The van der Waals surface area contributed by atoms with Crippen LogP contribution >= 0.6 is 0 Å². The molecule has 0 saturated carbocycles. The van der Waals surface area contributed by atoms with E-state index in [4.69, 9.17) is 4.74 Å². The van der Waals surface area contributed by atoms with Gasteiger partial charge >= 0.3 is 5.97 Å². The lowest BCUT2D eigenvalue weighted by Gasteiger charge is -2.23. The molecule has 1 aliphatic heterocycles. The number of nitrogens with one attached hydrogen (secondary N) is 1. The smallest absolute Gasteiger partial charge is 0.331 e. The zero-order chi connectivity index (χ0) is 14.9. The molecule has 3 rings (SSSR count). The highest BCUT2D eigenvalue weighted by Gasteiger charge is 2.44. The Morgan fingerprint density at radius 1 is 1.29 bits per heavy atom. The van der Waals surface area contributed by atoms with Crippen LogP contribution in [-0.2, 0) is 9.53 Å². The molecule has 0 bridgehead atoms. The van der Waals surface area contributed by atoms with Gasteiger partial charge in [-0.2, -0.15) is 0 Å². The van der Waals surface area contributed by atoms with E-state index in [0.29, 0.717) is 12.0 Å². The molecule has 1 unspecified atom stereocenters. The number of carboxylic acid groups (broad SMARTS) is 1. The predicted molar refractivity (Wildman–Crippen MR) is 75.0 cm³/mol. The predicted octanol–water partition coefficient (Wildman–Crippen LogP) is 1.21. The standard InChI is InChI=1S/C15H14N2O4/c18-13(17-15(14(19)20)6-8-21-9-15)12-11-4-2-1-3-10(11)5-7-16-12/h1-5,7H,6,8-9H2,(H,17,18)(H,19,20). The van der Waals surface area contributed by atoms with Gasteiger partial charge in [0.15, 0.2) is 5.54 Å². The Morgan fingerprint density at radius 3 is 2.81 bits per heavy atom. The Hall–Kier alpha value is -2.47. The number of aliphatic carboxylic acids is 1. The molecule has 1 atom stereocenters. The molecule has 1 aromatic heterocycles. The number of carboxylic acids is 1. The van der Waals surface area contributed by atoms with Gasteiger partial charge < -0.3 is 15.2 Å². The highest BCUT2D eigenvalue weighted by Crippen LogP contribution is 2.21. The molecular formula is C15H14N2O4. The molecule has 2 heterocycles. The molecule has 0 aliphatic carbocycles. The molecule has 21 heavy (non-hydrogen) atoms. The second-order valence-corrected chi connectivity index (χ2v) is 5.02. The lowest BCUT2D eigenvalue weighted by atomic mass is 9.98. The second-order valence-electron chi connectivity index (χ2n) is 5.02. The maximum absolute atomic E-state index is 12.4. The largest absolute Gasteiger partial charge is 0.479 e. The molecule has 6 nitrogen and oxygen atoms in total. The van der Waals surface area contributed by atoms with Crippen LogP contribution in [0.3, 0.4) is 0 Å². The lowest BCUT2D eigenvalue weighted by molar-refractivity contribution is -0.144. The number of carbonyl (C=O) groups is 2. The van der Waals surface area contributed by atoms with Gasteiger partial charge in [0.25, 0.3) is 5.91 Å². The molecular weight excluding hydrogens is 272 g/mol. The van der Waals surface area contributed by atoms with Crippen molar-refractivity contribution in [3.05, 3.63) is 42.2 Å². The molecule has 1 aliphatic rings. The van der Waals surface area contributed by atoms with Gasteiger partial charge in [-0.25, -0.2) is 4.79 Å². The van der Waals surface area contributed by atoms with Gasteiger partial charge in [-0.3, -0.25) is 9.78 Å². The zero-order valence-electron chi connectivity index (χ0n) is 11.2. The van der Waals surface area contributed by atoms with Crippen LogP contribution in [0.2, 0.25) is 0 Å². The number of benzene rings is 1. The average molecular weight is 286 g/mol. The maximum Gasteiger partial charge on any atom is 0.331 e. The van der Waals surface area contributed by atoms with E-state index in [2.05, 4.69) is 10.3 Å². The van der Waals surface area contributed by atoms with Gasteiger partial charge in [0.2, 0.25) is 0 Å². The number of rotatable bonds is 3. The molecule has 108 valence electrons. The fourth-order valence-electron chi connectivity index (χ4n) is 2.46. The summed E-state index contributed by atoms with van der Waals surface area (Å²) in [4.78, 5) is 28.0. The van der Waals surface area contributed by atoms with E-state index in [-0.39, 0.29) is 18.7 Å². The first-order chi connectivity index (χ1) is 10.1. The quantitative estimate of drug-likeness (QED) is 0.885. The number of hydrogen-bond donors (Lipinski definition) is 2. The Balaban J connectivity index is 1.96. The summed E-state index contributed by atoms with van der Waals surface area (Å²) >= 11 is 0. The number of ether oxygens (including phenoxy) is 1. The van der Waals surface area contributed by atoms with Gasteiger partial charge in [0, 0.05) is 24.6 Å². The van der Waals surface area contributed by atoms with Crippen molar-refractivity contribution >= 4 is 22.6 Å². The van der Waals surface area contributed by atoms with Crippen molar-refractivity contribution in [2.24, 2.45) is 0 Å². The summed E-state index contributed by atoms with van der Waals surface area (Å²) < 4.78 is 5.13. The Labute approximate surface area is 120 Å². The van der Waals surface area contributed by atoms with E-state index in [1.54, 1.807) is 12.1 Å². The fourth-order valence-corrected chi connectivity index (χ4v) is 2.46. The first kappa shape index (κ1) is 13.5. The van der Waals surface area contributed by atoms with Gasteiger partial charge in [0.1, 0.15) is 5.69 Å². The third-order valence-corrected chi connectivity index (χ3v) is 3.67. The minimum Gasteiger partial charge on any atom is -0.479 e. The number of aromatic nitrogens is 1. The highest BCUT2D eigenvalue weighted by molar-refractivity contribution is 6.06. The molecule has 1 fully saturated rings. The normalized spacial score (nSPS) is 21.3. The van der Waals surface area contributed by atoms with Crippen LogP contribution in [0.25, 0.3) is 10.8 Å².